The van der Waals surface area contributed by atoms with Gasteiger partial charge in [0, 0.05) is 32.5 Å². The number of rotatable bonds is 6. The zero-order valence-corrected chi connectivity index (χ0v) is 11.7. The lowest BCUT2D eigenvalue weighted by molar-refractivity contribution is 0.612. The molecule has 0 unspecified atom stereocenters. The van der Waals surface area contributed by atoms with Gasteiger partial charge in [-0.05, 0) is 25.0 Å². The second kappa shape index (κ2) is 6.79. The van der Waals surface area contributed by atoms with Gasteiger partial charge in [0.1, 0.15) is 0 Å². The van der Waals surface area contributed by atoms with Crippen LogP contribution in [0.3, 0.4) is 0 Å². The van der Waals surface area contributed by atoms with Crippen LogP contribution < -0.4 is 10.2 Å². The molecule has 2 rings (SSSR count). The van der Waals surface area contributed by atoms with Crippen molar-refractivity contribution in [2.45, 2.75) is 12.8 Å². The van der Waals surface area contributed by atoms with E-state index in [2.05, 4.69) is 20.3 Å². The fraction of sp³-hybridized carbons (Fsp3) is 0.357. The Bertz CT molecular complexity index is 545. The Labute approximate surface area is 117 Å². The third-order valence-corrected chi connectivity index (χ3v) is 2.77. The Balaban J connectivity index is 1.84. The van der Waals surface area contributed by atoms with E-state index in [9.17, 15) is 4.39 Å². The topological polar surface area (TPSA) is 53.9 Å². The number of hydrogen-bond donors (Lipinski definition) is 1. The molecule has 2 heterocycles. The summed E-state index contributed by atoms with van der Waals surface area (Å²) in [6.45, 7) is 0.717. The van der Waals surface area contributed by atoms with E-state index < -0.39 is 5.82 Å². The second-order valence-electron chi connectivity index (χ2n) is 4.61. The molecule has 2 aromatic rings. The minimum Gasteiger partial charge on any atom is -0.360 e. The average molecular weight is 275 g/mol. The van der Waals surface area contributed by atoms with Crippen LogP contribution in [-0.2, 0) is 6.42 Å². The van der Waals surface area contributed by atoms with Crippen LogP contribution in [0.2, 0.25) is 0 Å². The largest absolute Gasteiger partial charge is 0.360 e. The zero-order valence-electron chi connectivity index (χ0n) is 11.7. The smallest absolute Gasteiger partial charge is 0.224 e. The summed E-state index contributed by atoms with van der Waals surface area (Å²) in [6.07, 6.45) is 4.77. The highest BCUT2D eigenvalue weighted by atomic mass is 19.1. The molecule has 0 saturated heterocycles. The molecule has 0 spiro atoms. The van der Waals surface area contributed by atoms with Crippen molar-refractivity contribution in [3.63, 3.8) is 0 Å². The third-order valence-electron chi connectivity index (χ3n) is 2.77. The van der Waals surface area contributed by atoms with E-state index >= 15 is 0 Å². The van der Waals surface area contributed by atoms with Crippen LogP contribution in [0.5, 0.6) is 0 Å². The monoisotopic (exact) mass is 275 g/mol. The molecule has 0 radical (unpaired) electrons. The molecule has 106 valence electrons. The van der Waals surface area contributed by atoms with Crippen molar-refractivity contribution >= 4 is 11.8 Å². The van der Waals surface area contributed by atoms with Gasteiger partial charge in [-0.15, -0.1) is 0 Å². The normalized spacial score (nSPS) is 10.3. The molecule has 2 aromatic heterocycles. The minimum atomic E-state index is -0.422. The molecule has 0 saturated carbocycles. The summed E-state index contributed by atoms with van der Waals surface area (Å²) in [6, 6.07) is 5.87. The molecule has 0 aliphatic heterocycles. The van der Waals surface area contributed by atoms with Gasteiger partial charge in [0.15, 0.2) is 11.6 Å². The molecule has 0 fully saturated rings. The van der Waals surface area contributed by atoms with Crippen molar-refractivity contribution in [2.24, 2.45) is 0 Å². The van der Waals surface area contributed by atoms with Gasteiger partial charge < -0.3 is 10.2 Å². The molecule has 0 aromatic carbocycles. The Morgan fingerprint density at radius 2 is 2.10 bits per heavy atom. The van der Waals surface area contributed by atoms with Gasteiger partial charge in [0.05, 0.1) is 6.20 Å². The predicted octanol–water partition coefficient (Wildman–Crippen LogP) is 2.12. The molecular weight excluding hydrogens is 257 g/mol. The molecule has 5 nitrogen and oxygen atoms in total. The molecule has 1 N–H and O–H groups in total. The zero-order chi connectivity index (χ0) is 14.4. The summed E-state index contributed by atoms with van der Waals surface area (Å²) < 4.78 is 13.4. The maximum absolute atomic E-state index is 13.4. The Morgan fingerprint density at radius 1 is 1.25 bits per heavy atom. The standard InChI is InChI=1S/C14H18FN5/c1-20(2)13-12(15)10-18-14(19-13)17-9-5-7-11-6-3-4-8-16-11/h3-4,6,8,10H,5,7,9H2,1-2H3,(H,17,18,19). The molecular formula is C14H18FN5. The number of nitrogens with one attached hydrogen (secondary N) is 1. The SMILES string of the molecule is CN(C)c1nc(NCCCc2ccccn2)ncc1F. The average Bonchev–Trinajstić information content (AvgIpc) is 2.46. The van der Waals surface area contributed by atoms with Gasteiger partial charge in [0.25, 0.3) is 0 Å². The minimum absolute atomic E-state index is 0.284. The lowest BCUT2D eigenvalue weighted by Crippen LogP contribution is -2.15. The Hall–Kier alpha value is -2.24. The van der Waals surface area contributed by atoms with Crippen molar-refractivity contribution in [3.8, 4) is 0 Å². The van der Waals surface area contributed by atoms with Crippen molar-refractivity contribution in [1.82, 2.24) is 15.0 Å². The number of pyridine rings is 1. The number of aryl methyl sites for hydroxylation is 1. The summed E-state index contributed by atoms with van der Waals surface area (Å²) >= 11 is 0. The van der Waals surface area contributed by atoms with Crippen molar-refractivity contribution in [2.75, 3.05) is 30.9 Å². The third kappa shape index (κ3) is 3.88. The van der Waals surface area contributed by atoms with E-state index in [1.807, 2.05) is 18.2 Å². The van der Waals surface area contributed by atoms with Crippen LogP contribution in [0, 0.1) is 5.82 Å². The maximum Gasteiger partial charge on any atom is 0.224 e. The highest BCUT2D eigenvalue weighted by Gasteiger charge is 2.08. The number of anilines is 2. The van der Waals surface area contributed by atoms with E-state index in [1.165, 1.54) is 6.20 Å². The van der Waals surface area contributed by atoms with Crippen LogP contribution in [-0.4, -0.2) is 35.6 Å². The Morgan fingerprint density at radius 3 is 2.80 bits per heavy atom. The summed E-state index contributed by atoms with van der Waals surface area (Å²) in [4.78, 5) is 13.9. The second-order valence-corrected chi connectivity index (χ2v) is 4.61. The first kappa shape index (κ1) is 14.2. The van der Waals surface area contributed by atoms with Crippen LogP contribution in [0.1, 0.15) is 12.1 Å². The fourth-order valence-electron chi connectivity index (χ4n) is 1.77. The van der Waals surface area contributed by atoms with Crippen LogP contribution in [0.4, 0.5) is 16.2 Å². The first-order valence-electron chi connectivity index (χ1n) is 6.50. The van der Waals surface area contributed by atoms with Gasteiger partial charge >= 0.3 is 0 Å². The van der Waals surface area contributed by atoms with Gasteiger partial charge in [0.2, 0.25) is 5.95 Å². The van der Waals surface area contributed by atoms with Crippen LogP contribution in [0.25, 0.3) is 0 Å². The molecule has 0 aliphatic carbocycles. The fourth-order valence-corrected chi connectivity index (χ4v) is 1.77. The van der Waals surface area contributed by atoms with Crippen molar-refractivity contribution in [3.05, 3.63) is 42.1 Å². The van der Waals surface area contributed by atoms with Gasteiger partial charge in [-0.2, -0.15) is 4.98 Å². The molecule has 0 aliphatic rings. The van der Waals surface area contributed by atoms with E-state index in [4.69, 9.17) is 0 Å². The first-order valence-corrected chi connectivity index (χ1v) is 6.50. The molecule has 0 bridgehead atoms. The molecule has 6 heteroatoms. The highest BCUT2D eigenvalue weighted by molar-refractivity contribution is 5.42. The van der Waals surface area contributed by atoms with Gasteiger partial charge in [-0.1, -0.05) is 6.07 Å². The molecule has 0 atom stereocenters. The van der Waals surface area contributed by atoms with E-state index in [0.29, 0.717) is 5.95 Å². The van der Waals surface area contributed by atoms with Crippen LogP contribution in [0.15, 0.2) is 30.6 Å². The lowest BCUT2D eigenvalue weighted by atomic mass is 10.2. The number of aromatic nitrogens is 3. The molecule has 20 heavy (non-hydrogen) atoms. The van der Waals surface area contributed by atoms with Crippen molar-refractivity contribution in [1.29, 1.82) is 0 Å². The highest BCUT2D eigenvalue weighted by Crippen LogP contribution is 2.14. The van der Waals surface area contributed by atoms with Crippen molar-refractivity contribution < 1.29 is 4.39 Å². The summed E-state index contributed by atoms with van der Waals surface area (Å²) in [5.74, 6) is 0.303. The van der Waals surface area contributed by atoms with E-state index in [-0.39, 0.29) is 5.82 Å². The summed E-state index contributed by atoms with van der Waals surface area (Å²) in [7, 11) is 3.49. The van der Waals surface area contributed by atoms with Gasteiger partial charge in [-0.25, -0.2) is 9.37 Å². The lowest BCUT2D eigenvalue weighted by Gasteiger charge is -2.13. The molecule has 0 amide bonds. The number of halogens is 1. The number of nitrogens with zero attached hydrogens (tertiary/aromatic N) is 4. The number of hydrogen-bond acceptors (Lipinski definition) is 5. The quantitative estimate of drug-likeness (QED) is 0.818. The summed E-state index contributed by atoms with van der Waals surface area (Å²) in [5.41, 5.74) is 1.06. The van der Waals surface area contributed by atoms with E-state index in [1.54, 1.807) is 25.2 Å². The Kier molecular flexibility index (Phi) is 4.81. The first-order chi connectivity index (χ1) is 9.66. The van der Waals surface area contributed by atoms with Gasteiger partial charge in [-0.3, -0.25) is 4.98 Å². The van der Waals surface area contributed by atoms with E-state index in [0.717, 1.165) is 25.1 Å². The predicted molar refractivity (Wildman–Crippen MR) is 77.4 cm³/mol. The maximum atomic E-state index is 13.4. The van der Waals surface area contributed by atoms with Crippen LogP contribution >= 0.6 is 0 Å². The summed E-state index contributed by atoms with van der Waals surface area (Å²) in [5, 5.41) is 3.09.